The molecule has 0 bridgehead atoms. The van der Waals surface area contributed by atoms with Crippen molar-refractivity contribution in [1.82, 2.24) is 5.16 Å². The second-order valence-corrected chi connectivity index (χ2v) is 6.95. The molecule has 2 aromatic carbocycles. The number of aryl methyl sites for hydroxylation is 1. The molecule has 166 valence electrons. The summed E-state index contributed by atoms with van der Waals surface area (Å²) in [5.74, 6) is 0.307. The zero-order valence-electron chi connectivity index (χ0n) is 18.5. The van der Waals surface area contributed by atoms with Crippen molar-refractivity contribution in [2.24, 2.45) is 0 Å². The van der Waals surface area contributed by atoms with Gasteiger partial charge in [0.05, 0.1) is 19.8 Å². The first kappa shape index (κ1) is 22.8. The molecule has 0 radical (unpaired) electrons. The molecule has 1 aromatic heterocycles. The first-order valence-corrected chi connectivity index (χ1v) is 10.1. The number of rotatable bonds is 8. The fourth-order valence-electron chi connectivity index (χ4n) is 3.25. The van der Waals surface area contributed by atoms with Gasteiger partial charge >= 0.3 is 11.9 Å². The lowest BCUT2D eigenvalue weighted by Gasteiger charge is -2.13. The number of carbonyl (C=O) groups excluding carboxylic acids is 2. The van der Waals surface area contributed by atoms with Gasteiger partial charge in [0.25, 0.3) is 0 Å². The molecule has 1 heterocycles. The monoisotopic (exact) mass is 435 g/mol. The third-order valence-corrected chi connectivity index (χ3v) is 5.00. The Labute approximate surface area is 186 Å². The summed E-state index contributed by atoms with van der Waals surface area (Å²) in [5, 5.41) is 4.21. The molecule has 0 fully saturated rings. The van der Waals surface area contributed by atoms with Gasteiger partial charge in [0.2, 0.25) is 0 Å². The molecule has 0 atom stereocenters. The van der Waals surface area contributed by atoms with E-state index in [4.69, 9.17) is 18.7 Å². The number of carbonyl (C=O) groups is 2. The minimum absolute atomic E-state index is 0.159. The van der Waals surface area contributed by atoms with Gasteiger partial charge in [-0.1, -0.05) is 42.4 Å². The van der Waals surface area contributed by atoms with Crippen LogP contribution in [0.25, 0.3) is 17.3 Å². The number of esters is 2. The molecular weight excluding hydrogens is 410 g/mol. The van der Waals surface area contributed by atoms with Crippen LogP contribution in [0.1, 0.15) is 40.6 Å². The number of hydrogen-bond donors (Lipinski definition) is 0. The lowest BCUT2D eigenvalue weighted by molar-refractivity contribution is -0.136. The summed E-state index contributed by atoms with van der Waals surface area (Å²) < 4.78 is 21.2. The molecule has 3 rings (SSSR count). The molecule has 0 spiro atoms. The van der Waals surface area contributed by atoms with Crippen LogP contribution >= 0.6 is 0 Å². The van der Waals surface area contributed by atoms with E-state index < -0.39 is 11.9 Å². The molecule has 0 aliphatic heterocycles. The van der Waals surface area contributed by atoms with Gasteiger partial charge in [0.15, 0.2) is 0 Å². The van der Waals surface area contributed by atoms with Crippen LogP contribution in [0.2, 0.25) is 0 Å². The number of benzene rings is 2. The van der Waals surface area contributed by atoms with Crippen molar-refractivity contribution in [3.8, 4) is 17.0 Å². The first-order chi connectivity index (χ1) is 15.5. The molecule has 0 N–H and O–H groups in total. The highest BCUT2D eigenvalue weighted by molar-refractivity contribution is 5.95. The van der Waals surface area contributed by atoms with Gasteiger partial charge in [-0.05, 0) is 37.6 Å². The predicted octanol–water partition coefficient (Wildman–Crippen LogP) is 4.98. The van der Waals surface area contributed by atoms with Gasteiger partial charge in [-0.2, -0.15) is 0 Å². The number of nitrogens with zero attached hydrogens (tertiary/aromatic N) is 1. The fourth-order valence-corrected chi connectivity index (χ4v) is 3.25. The van der Waals surface area contributed by atoms with E-state index in [-0.39, 0.29) is 6.61 Å². The highest BCUT2D eigenvalue weighted by Gasteiger charge is 2.19. The van der Waals surface area contributed by atoms with Crippen LogP contribution in [0, 0.1) is 6.92 Å². The molecule has 0 unspecified atom stereocenters. The Kier molecular flexibility index (Phi) is 7.44. The van der Waals surface area contributed by atoms with Crippen molar-refractivity contribution < 1.29 is 28.3 Å². The number of aromatic nitrogens is 1. The van der Waals surface area contributed by atoms with Gasteiger partial charge in [0, 0.05) is 22.3 Å². The molecule has 3 aromatic rings. The van der Waals surface area contributed by atoms with E-state index in [1.54, 1.807) is 25.1 Å². The second kappa shape index (κ2) is 10.4. The maximum absolute atomic E-state index is 12.1. The smallest absolute Gasteiger partial charge is 0.338 e. The van der Waals surface area contributed by atoms with Gasteiger partial charge in [0.1, 0.15) is 23.8 Å². The zero-order valence-corrected chi connectivity index (χ0v) is 18.5. The van der Waals surface area contributed by atoms with Gasteiger partial charge < -0.3 is 18.7 Å². The molecule has 32 heavy (non-hydrogen) atoms. The van der Waals surface area contributed by atoms with E-state index in [2.05, 4.69) is 5.16 Å². The van der Waals surface area contributed by atoms with E-state index in [0.717, 1.165) is 0 Å². The lowest BCUT2D eigenvalue weighted by Crippen LogP contribution is -2.08. The minimum Gasteiger partial charge on any atom is -0.488 e. The lowest BCUT2D eigenvalue weighted by atomic mass is 10.0. The van der Waals surface area contributed by atoms with Crippen LogP contribution in [0.3, 0.4) is 0 Å². The molecular formula is C25H25NO6. The largest absolute Gasteiger partial charge is 0.488 e. The first-order valence-electron chi connectivity index (χ1n) is 10.1. The second-order valence-electron chi connectivity index (χ2n) is 6.95. The van der Waals surface area contributed by atoms with Crippen LogP contribution in [0.4, 0.5) is 0 Å². The fraction of sp³-hybridized carbons (Fsp3) is 0.240. The molecule has 0 amide bonds. The number of methoxy groups -OCH3 is 2. The third-order valence-electron chi connectivity index (χ3n) is 5.00. The summed E-state index contributed by atoms with van der Waals surface area (Å²) in [6, 6.07) is 14.5. The molecule has 7 heteroatoms. The number of hydrogen-bond acceptors (Lipinski definition) is 7. The average molecular weight is 435 g/mol. The number of ether oxygens (including phenoxy) is 3. The highest BCUT2D eigenvalue weighted by Crippen LogP contribution is 2.35. The molecule has 0 aliphatic carbocycles. The van der Waals surface area contributed by atoms with E-state index in [9.17, 15) is 9.59 Å². The summed E-state index contributed by atoms with van der Waals surface area (Å²) in [7, 11) is 2.69. The summed E-state index contributed by atoms with van der Waals surface area (Å²) in [6.45, 7) is 3.82. The third kappa shape index (κ3) is 4.88. The van der Waals surface area contributed by atoms with Crippen molar-refractivity contribution in [2.75, 3.05) is 14.2 Å². The normalized spacial score (nSPS) is 11.2. The summed E-state index contributed by atoms with van der Waals surface area (Å²) >= 11 is 0. The van der Waals surface area contributed by atoms with Crippen molar-refractivity contribution in [2.45, 2.75) is 26.9 Å². The van der Waals surface area contributed by atoms with Crippen molar-refractivity contribution in [1.29, 1.82) is 0 Å². The molecule has 0 saturated heterocycles. The minimum atomic E-state index is -0.424. The predicted molar refractivity (Wildman–Crippen MR) is 119 cm³/mol. The Bertz CT molecular complexity index is 1140. The van der Waals surface area contributed by atoms with Gasteiger partial charge in [-0.25, -0.2) is 9.59 Å². The van der Waals surface area contributed by atoms with E-state index >= 15 is 0 Å². The van der Waals surface area contributed by atoms with Crippen LogP contribution in [-0.2, 0) is 20.9 Å². The van der Waals surface area contributed by atoms with Crippen LogP contribution in [0.15, 0.2) is 58.6 Å². The molecule has 0 saturated carbocycles. The Morgan fingerprint density at radius 3 is 2.47 bits per heavy atom. The van der Waals surface area contributed by atoms with E-state index in [0.29, 0.717) is 51.5 Å². The van der Waals surface area contributed by atoms with Crippen molar-refractivity contribution in [3.63, 3.8) is 0 Å². The van der Waals surface area contributed by atoms with E-state index in [1.165, 1.54) is 14.2 Å². The number of para-hydroxylation sites is 1. The Balaban J connectivity index is 1.97. The van der Waals surface area contributed by atoms with Crippen LogP contribution in [-0.4, -0.2) is 31.3 Å². The summed E-state index contributed by atoms with van der Waals surface area (Å²) in [4.78, 5) is 24.1. The van der Waals surface area contributed by atoms with Crippen LogP contribution < -0.4 is 4.74 Å². The van der Waals surface area contributed by atoms with Gasteiger partial charge in [-0.15, -0.1) is 0 Å². The molecule has 0 aliphatic rings. The van der Waals surface area contributed by atoms with E-state index in [1.807, 2.05) is 43.3 Å². The zero-order chi connectivity index (χ0) is 23.1. The van der Waals surface area contributed by atoms with Crippen molar-refractivity contribution >= 4 is 18.0 Å². The Morgan fingerprint density at radius 1 is 1.03 bits per heavy atom. The molecule has 7 nitrogen and oxygen atoms in total. The Morgan fingerprint density at radius 2 is 1.75 bits per heavy atom. The maximum atomic E-state index is 12.1. The maximum Gasteiger partial charge on any atom is 0.338 e. The standard InChI is InChI=1S/C25H25NO6/c1-5-17(24(27)29-3)14-21-16(2)32-26-23(21)20-12-8-9-13-22(20)31-15-18-10-6-7-11-19(18)25(28)30-4/h6-14H,5,15H2,1-4H3/b17-14+. The SMILES string of the molecule is CC/C(=C\c1c(-c2ccccc2OCc2ccccc2C(=O)OC)noc1C)C(=O)OC. The summed E-state index contributed by atoms with van der Waals surface area (Å²) in [5.41, 5.74) is 3.58. The highest BCUT2D eigenvalue weighted by atomic mass is 16.5. The summed E-state index contributed by atoms with van der Waals surface area (Å²) in [6.07, 6.45) is 2.23. The quantitative estimate of drug-likeness (QED) is 0.364. The topological polar surface area (TPSA) is 87.9 Å². The van der Waals surface area contributed by atoms with Crippen LogP contribution in [0.5, 0.6) is 5.75 Å². The Hall–Kier alpha value is -3.87. The average Bonchev–Trinajstić information content (AvgIpc) is 3.20. The van der Waals surface area contributed by atoms with Crippen molar-refractivity contribution in [3.05, 3.63) is 76.6 Å². The van der Waals surface area contributed by atoms with Gasteiger partial charge in [-0.3, -0.25) is 0 Å².